The molecule has 4 aromatic rings. The van der Waals surface area contributed by atoms with E-state index in [2.05, 4.69) is 10.4 Å². The van der Waals surface area contributed by atoms with Crippen molar-refractivity contribution in [2.75, 3.05) is 5.32 Å². The summed E-state index contributed by atoms with van der Waals surface area (Å²) in [5, 5.41) is 8.32. The number of carbonyl (C=O) groups excluding carboxylic acids is 1. The molecule has 1 amide bonds. The summed E-state index contributed by atoms with van der Waals surface area (Å²) in [5.74, 6) is 0.0102. The maximum atomic E-state index is 14.2. The summed E-state index contributed by atoms with van der Waals surface area (Å²) in [5.41, 5.74) is 3.68. The number of carbonyl (C=O) groups is 1. The summed E-state index contributed by atoms with van der Waals surface area (Å²) in [6.07, 6.45) is 0. The molecule has 1 N–H and O–H groups in total. The maximum absolute atomic E-state index is 14.2. The van der Waals surface area contributed by atoms with Crippen molar-refractivity contribution in [3.05, 3.63) is 111 Å². The molecule has 0 spiro atoms. The van der Waals surface area contributed by atoms with Crippen LogP contribution in [-0.2, 0) is 13.2 Å². The molecule has 0 unspecified atom stereocenters. The van der Waals surface area contributed by atoms with Crippen molar-refractivity contribution in [1.82, 2.24) is 9.78 Å². The number of halogens is 3. The third-order valence-electron chi connectivity index (χ3n) is 5.41. The summed E-state index contributed by atoms with van der Waals surface area (Å²) in [7, 11) is 0. The predicted octanol–water partition coefficient (Wildman–Crippen LogP) is 6.83. The van der Waals surface area contributed by atoms with Crippen molar-refractivity contribution < 1.29 is 13.9 Å². The lowest BCUT2D eigenvalue weighted by molar-refractivity contribution is 0.102. The van der Waals surface area contributed by atoms with E-state index in [4.69, 9.17) is 27.9 Å². The summed E-state index contributed by atoms with van der Waals surface area (Å²) in [4.78, 5) is 12.8. The van der Waals surface area contributed by atoms with E-state index in [1.165, 1.54) is 6.07 Å². The zero-order chi connectivity index (χ0) is 24.2. The van der Waals surface area contributed by atoms with E-state index in [0.29, 0.717) is 50.6 Å². The van der Waals surface area contributed by atoms with Crippen LogP contribution in [0.25, 0.3) is 0 Å². The lowest BCUT2D eigenvalue weighted by Gasteiger charge is -2.10. The third-order valence-corrected chi connectivity index (χ3v) is 6.00. The molecule has 0 radical (unpaired) electrons. The van der Waals surface area contributed by atoms with Gasteiger partial charge in [-0.15, -0.1) is 0 Å². The van der Waals surface area contributed by atoms with Gasteiger partial charge in [-0.25, -0.2) is 4.39 Å². The molecule has 5 nitrogen and oxygen atoms in total. The van der Waals surface area contributed by atoms with E-state index in [1.54, 1.807) is 48.0 Å². The average Bonchev–Trinajstić information content (AvgIpc) is 3.08. The standard InChI is InChI=1S/C26H22Cl2FN3O2/c1-16-25(17(2)32(31-16)14-22-23(28)7-4-8-24(22)29)30-26(33)19-11-9-18(10-12-19)15-34-21-6-3-5-20(27)13-21/h3-13H,14-15H2,1-2H3,(H,30,33). The number of hydrogen-bond acceptors (Lipinski definition) is 3. The van der Waals surface area contributed by atoms with Crippen LogP contribution in [0.2, 0.25) is 10.0 Å². The molecular weight excluding hydrogens is 476 g/mol. The van der Waals surface area contributed by atoms with Gasteiger partial charge in [-0.05, 0) is 61.9 Å². The van der Waals surface area contributed by atoms with Gasteiger partial charge in [0, 0.05) is 21.2 Å². The monoisotopic (exact) mass is 497 g/mol. The number of rotatable bonds is 7. The van der Waals surface area contributed by atoms with Gasteiger partial charge in [0.25, 0.3) is 5.91 Å². The Morgan fingerprint density at radius 2 is 1.79 bits per heavy atom. The summed E-state index contributed by atoms with van der Waals surface area (Å²) in [6.45, 7) is 4.13. The largest absolute Gasteiger partial charge is 0.489 e. The van der Waals surface area contributed by atoms with Gasteiger partial charge >= 0.3 is 0 Å². The van der Waals surface area contributed by atoms with Crippen LogP contribution >= 0.6 is 23.2 Å². The molecule has 0 fully saturated rings. The van der Waals surface area contributed by atoms with Gasteiger partial charge in [-0.1, -0.05) is 47.5 Å². The quantitative estimate of drug-likeness (QED) is 0.304. The first-order valence-corrected chi connectivity index (χ1v) is 11.3. The van der Waals surface area contributed by atoms with Gasteiger partial charge in [0.05, 0.1) is 23.6 Å². The minimum absolute atomic E-state index is 0.162. The zero-order valence-electron chi connectivity index (χ0n) is 18.6. The van der Waals surface area contributed by atoms with E-state index < -0.39 is 5.82 Å². The Morgan fingerprint density at radius 3 is 2.50 bits per heavy atom. The van der Waals surface area contributed by atoms with Gasteiger partial charge in [0.1, 0.15) is 18.2 Å². The number of aromatic nitrogens is 2. The Hall–Kier alpha value is -3.35. The SMILES string of the molecule is Cc1nn(Cc2c(F)cccc2Cl)c(C)c1NC(=O)c1ccc(COc2cccc(Cl)c2)cc1. The number of amides is 1. The van der Waals surface area contributed by atoms with E-state index in [1.807, 2.05) is 31.2 Å². The van der Waals surface area contributed by atoms with Crippen LogP contribution in [-0.4, -0.2) is 15.7 Å². The Bertz CT molecular complexity index is 1320. The molecule has 1 aromatic heterocycles. The fraction of sp³-hybridized carbons (Fsp3) is 0.154. The zero-order valence-corrected chi connectivity index (χ0v) is 20.1. The molecule has 4 rings (SSSR count). The molecule has 0 saturated carbocycles. The predicted molar refractivity (Wildman–Crippen MR) is 132 cm³/mol. The van der Waals surface area contributed by atoms with Crippen LogP contribution in [0, 0.1) is 19.7 Å². The van der Waals surface area contributed by atoms with Crippen LogP contribution < -0.4 is 10.1 Å². The van der Waals surface area contributed by atoms with Crippen molar-refractivity contribution in [2.24, 2.45) is 0 Å². The molecular formula is C26H22Cl2FN3O2. The maximum Gasteiger partial charge on any atom is 0.255 e. The van der Waals surface area contributed by atoms with E-state index in [0.717, 1.165) is 5.56 Å². The van der Waals surface area contributed by atoms with Crippen molar-refractivity contribution in [3.63, 3.8) is 0 Å². The first-order valence-electron chi connectivity index (χ1n) is 10.6. The van der Waals surface area contributed by atoms with Gasteiger partial charge < -0.3 is 10.1 Å². The van der Waals surface area contributed by atoms with Crippen molar-refractivity contribution in [2.45, 2.75) is 27.0 Å². The second-order valence-corrected chi connectivity index (χ2v) is 8.64. The number of nitrogens with zero attached hydrogens (tertiary/aromatic N) is 2. The fourth-order valence-corrected chi connectivity index (χ4v) is 3.93. The van der Waals surface area contributed by atoms with Gasteiger partial charge in [-0.2, -0.15) is 5.10 Å². The van der Waals surface area contributed by atoms with Crippen LogP contribution in [0.4, 0.5) is 10.1 Å². The van der Waals surface area contributed by atoms with E-state index in [-0.39, 0.29) is 12.5 Å². The normalized spacial score (nSPS) is 10.9. The first-order chi connectivity index (χ1) is 16.3. The minimum atomic E-state index is -0.398. The molecule has 34 heavy (non-hydrogen) atoms. The van der Waals surface area contributed by atoms with Crippen molar-refractivity contribution in [1.29, 1.82) is 0 Å². The molecule has 3 aromatic carbocycles. The average molecular weight is 498 g/mol. The topological polar surface area (TPSA) is 56.2 Å². The number of anilines is 1. The molecule has 174 valence electrons. The second kappa shape index (κ2) is 10.3. The Balaban J connectivity index is 1.43. The highest BCUT2D eigenvalue weighted by Crippen LogP contribution is 2.25. The fourth-order valence-electron chi connectivity index (χ4n) is 3.53. The third kappa shape index (κ3) is 5.41. The highest BCUT2D eigenvalue weighted by atomic mass is 35.5. The smallest absolute Gasteiger partial charge is 0.255 e. The van der Waals surface area contributed by atoms with Crippen molar-refractivity contribution >= 4 is 34.8 Å². The molecule has 0 aliphatic carbocycles. The van der Waals surface area contributed by atoms with Gasteiger partial charge in [0.2, 0.25) is 0 Å². The molecule has 0 atom stereocenters. The number of benzene rings is 3. The number of aryl methyl sites for hydroxylation is 1. The van der Waals surface area contributed by atoms with Crippen LogP contribution in [0.1, 0.15) is 32.9 Å². The number of ether oxygens (including phenoxy) is 1. The summed E-state index contributed by atoms with van der Waals surface area (Å²) < 4.78 is 21.6. The molecule has 0 saturated heterocycles. The van der Waals surface area contributed by atoms with Gasteiger partial charge in [0.15, 0.2) is 0 Å². The first kappa shape index (κ1) is 23.8. The highest BCUT2D eigenvalue weighted by Gasteiger charge is 2.17. The van der Waals surface area contributed by atoms with Crippen molar-refractivity contribution in [3.8, 4) is 5.75 Å². The van der Waals surface area contributed by atoms with Gasteiger partial charge in [-0.3, -0.25) is 9.48 Å². The minimum Gasteiger partial charge on any atom is -0.489 e. The second-order valence-electron chi connectivity index (χ2n) is 7.80. The molecule has 8 heteroatoms. The Labute approximate surface area is 207 Å². The van der Waals surface area contributed by atoms with Crippen LogP contribution in [0.3, 0.4) is 0 Å². The lowest BCUT2D eigenvalue weighted by atomic mass is 10.1. The van der Waals surface area contributed by atoms with Crippen LogP contribution in [0.15, 0.2) is 66.7 Å². The van der Waals surface area contributed by atoms with E-state index >= 15 is 0 Å². The Morgan fingerprint density at radius 1 is 1.06 bits per heavy atom. The molecule has 0 aliphatic rings. The summed E-state index contributed by atoms with van der Waals surface area (Å²) >= 11 is 12.1. The van der Waals surface area contributed by atoms with E-state index in [9.17, 15) is 9.18 Å². The lowest BCUT2D eigenvalue weighted by Crippen LogP contribution is -2.13. The molecule has 0 aliphatic heterocycles. The molecule has 0 bridgehead atoms. The Kier molecular flexibility index (Phi) is 7.20. The molecule has 1 heterocycles. The number of nitrogens with one attached hydrogen (secondary N) is 1. The number of hydrogen-bond donors (Lipinski definition) is 1. The highest BCUT2D eigenvalue weighted by molar-refractivity contribution is 6.31. The summed E-state index contributed by atoms with van der Waals surface area (Å²) in [6, 6.07) is 18.9. The van der Waals surface area contributed by atoms with Crippen LogP contribution in [0.5, 0.6) is 5.75 Å².